The van der Waals surface area contributed by atoms with Gasteiger partial charge in [0.25, 0.3) is 0 Å². The van der Waals surface area contributed by atoms with Crippen molar-refractivity contribution in [2.45, 2.75) is 20.3 Å². The number of morpholine rings is 1. The van der Waals surface area contributed by atoms with Crippen LogP contribution >= 0.6 is 0 Å². The Labute approximate surface area is 166 Å². The number of carbonyl (C=O) groups is 1. The highest BCUT2D eigenvalue weighted by Gasteiger charge is 2.09. The number of nitrogens with one attached hydrogen (secondary N) is 2. The highest BCUT2D eigenvalue weighted by atomic mass is 16.5. The summed E-state index contributed by atoms with van der Waals surface area (Å²) < 4.78 is 11.1. The lowest BCUT2D eigenvalue weighted by atomic mass is 10.1. The van der Waals surface area contributed by atoms with Gasteiger partial charge in [-0.05, 0) is 56.1 Å². The largest absolute Gasteiger partial charge is 0.439 e. The summed E-state index contributed by atoms with van der Waals surface area (Å²) in [6, 6.07) is 9.20. The molecule has 1 aromatic carbocycles. The maximum absolute atomic E-state index is 12.0. The highest BCUT2D eigenvalue weighted by molar-refractivity contribution is 5.88. The van der Waals surface area contributed by atoms with E-state index in [4.69, 9.17) is 9.47 Å². The number of hydrogen-bond donors (Lipinski definition) is 2. The summed E-state index contributed by atoms with van der Waals surface area (Å²) in [5.74, 6) is 1.23. The Morgan fingerprint density at radius 3 is 2.71 bits per heavy atom. The Hall–Kier alpha value is -2.64. The molecule has 2 aromatic rings. The minimum atomic E-state index is -0.230. The Morgan fingerprint density at radius 1 is 1.18 bits per heavy atom. The van der Waals surface area contributed by atoms with Crippen LogP contribution in [0.1, 0.15) is 17.5 Å². The van der Waals surface area contributed by atoms with E-state index >= 15 is 0 Å². The number of urea groups is 1. The summed E-state index contributed by atoms with van der Waals surface area (Å²) in [5, 5.41) is 5.66. The van der Waals surface area contributed by atoms with Crippen LogP contribution in [0.15, 0.2) is 36.5 Å². The van der Waals surface area contributed by atoms with Crippen molar-refractivity contribution in [1.82, 2.24) is 15.2 Å². The minimum Gasteiger partial charge on any atom is -0.439 e. The van der Waals surface area contributed by atoms with E-state index in [1.54, 1.807) is 18.3 Å². The van der Waals surface area contributed by atoms with Gasteiger partial charge >= 0.3 is 6.03 Å². The number of nitrogens with zero attached hydrogens (tertiary/aromatic N) is 2. The van der Waals surface area contributed by atoms with Gasteiger partial charge in [0, 0.05) is 25.7 Å². The highest BCUT2D eigenvalue weighted by Crippen LogP contribution is 2.22. The number of carbonyl (C=O) groups excluding carboxylic acids is 1. The number of aromatic nitrogens is 1. The maximum atomic E-state index is 12.0. The van der Waals surface area contributed by atoms with Crippen molar-refractivity contribution < 1.29 is 14.3 Å². The molecule has 7 nitrogen and oxygen atoms in total. The lowest BCUT2D eigenvalue weighted by molar-refractivity contribution is 0.0375. The molecule has 150 valence electrons. The topological polar surface area (TPSA) is 75.7 Å². The molecule has 3 rings (SSSR count). The molecule has 0 atom stereocenters. The molecule has 0 radical (unpaired) electrons. The fourth-order valence-electron chi connectivity index (χ4n) is 2.92. The number of ether oxygens (including phenoxy) is 2. The van der Waals surface area contributed by atoms with Crippen LogP contribution in [0.2, 0.25) is 0 Å². The van der Waals surface area contributed by atoms with Crippen LogP contribution in [0.3, 0.4) is 0 Å². The smallest absolute Gasteiger partial charge is 0.319 e. The Morgan fingerprint density at radius 2 is 2.00 bits per heavy atom. The Balaban J connectivity index is 1.39. The van der Waals surface area contributed by atoms with E-state index in [-0.39, 0.29) is 6.03 Å². The van der Waals surface area contributed by atoms with E-state index in [9.17, 15) is 4.79 Å². The molecule has 1 aromatic heterocycles. The summed E-state index contributed by atoms with van der Waals surface area (Å²) in [7, 11) is 0. The van der Waals surface area contributed by atoms with Crippen LogP contribution < -0.4 is 15.4 Å². The van der Waals surface area contributed by atoms with E-state index in [1.807, 2.05) is 25.1 Å². The third kappa shape index (κ3) is 6.21. The molecule has 2 amide bonds. The molecule has 7 heteroatoms. The number of rotatable bonds is 7. The normalized spacial score (nSPS) is 14.5. The molecule has 1 fully saturated rings. The quantitative estimate of drug-likeness (QED) is 0.716. The number of anilines is 1. The van der Waals surface area contributed by atoms with Crippen molar-refractivity contribution in [2.75, 3.05) is 44.7 Å². The van der Waals surface area contributed by atoms with Crippen molar-refractivity contribution in [1.29, 1.82) is 0 Å². The molecule has 2 N–H and O–H groups in total. The molecule has 0 aliphatic carbocycles. The zero-order chi connectivity index (χ0) is 19.8. The lowest BCUT2D eigenvalue weighted by Crippen LogP contribution is -2.38. The van der Waals surface area contributed by atoms with Gasteiger partial charge in [0.2, 0.25) is 5.88 Å². The predicted octanol–water partition coefficient (Wildman–Crippen LogP) is 3.33. The number of amides is 2. The molecule has 0 saturated carbocycles. The van der Waals surface area contributed by atoms with Gasteiger partial charge in [0.15, 0.2) is 0 Å². The molecule has 0 spiro atoms. The Kier molecular flexibility index (Phi) is 7.22. The van der Waals surface area contributed by atoms with Gasteiger partial charge in [-0.25, -0.2) is 9.78 Å². The van der Waals surface area contributed by atoms with Crippen LogP contribution in [0.25, 0.3) is 0 Å². The summed E-state index contributed by atoms with van der Waals surface area (Å²) in [5.41, 5.74) is 3.01. The number of aryl methyl sites for hydroxylation is 2. The molecule has 2 heterocycles. The fourth-order valence-corrected chi connectivity index (χ4v) is 2.92. The summed E-state index contributed by atoms with van der Waals surface area (Å²) in [6.07, 6.45) is 2.50. The monoisotopic (exact) mass is 384 g/mol. The van der Waals surface area contributed by atoms with Gasteiger partial charge in [0.1, 0.15) is 5.75 Å². The summed E-state index contributed by atoms with van der Waals surface area (Å²) in [4.78, 5) is 18.6. The number of hydrogen-bond acceptors (Lipinski definition) is 5. The van der Waals surface area contributed by atoms with Crippen molar-refractivity contribution in [3.63, 3.8) is 0 Å². The van der Waals surface area contributed by atoms with Crippen LogP contribution in [0, 0.1) is 13.8 Å². The first-order valence-corrected chi connectivity index (χ1v) is 9.66. The molecule has 1 saturated heterocycles. The number of benzene rings is 1. The SMILES string of the molecule is Cc1ccc(Oc2ccc(NC(=O)NCCCN3CCOCC3)cn2)cc1C. The van der Waals surface area contributed by atoms with Crippen LogP contribution in [-0.2, 0) is 4.74 Å². The first-order valence-electron chi connectivity index (χ1n) is 9.66. The van der Waals surface area contributed by atoms with Crippen molar-refractivity contribution in [3.05, 3.63) is 47.7 Å². The van der Waals surface area contributed by atoms with Crippen LogP contribution in [-0.4, -0.2) is 55.3 Å². The zero-order valence-electron chi connectivity index (χ0n) is 16.5. The maximum Gasteiger partial charge on any atom is 0.319 e. The average molecular weight is 384 g/mol. The van der Waals surface area contributed by atoms with E-state index in [0.29, 0.717) is 18.1 Å². The number of pyridine rings is 1. The van der Waals surface area contributed by atoms with Gasteiger partial charge in [0.05, 0.1) is 25.1 Å². The predicted molar refractivity (Wildman–Crippen MR) is 109 cm³/mol. The average Bonchev–Trinajstić information content (AvgIpc) is 2.70. The second-order valence-corrected chi connectivity index (χ2v) is 6.92. The zero-order valence-corrected chi connectivity index (χ0v) is 16.5. The third-order valence-corrected chi connectivity index (χ3v) is 4.74. The van der Waals surface area contributed by atoms with Crippen LogP contribution in [0.4, 0.5) is 10.5 Å². The fraction of sp³-hybridized carbons (Fsp3) is 0.429. The standard InChI is InChI=1S/C21H28N4O3/c1-16-4-6-19(14-17(16)2)28-20-7-5-18(15-23-20)24-21(26)22-8-3-9-25-10-12-27-13-11-25/h4-7,14-15H,3,8-13H2,1-2H3,(H2,22,24,26). The molecule has 0 unspecified atom stereocenters. The lowest BCUT2D eigenvalue weighted by Gasteiger charge is -2.26. The minimum absolute atomic E-state index is 0.230. The van der Waals surface area contributed by atoms with E-state index in [0.717, 1.165) is 45.0 Å². The third-order valence-electron chi connectivity index (χ3n) is 4.74. The Bertz CT molecular complexity index is 774. The summed E-state index contributed by atoms with van der Waals surface area (Å²) >= 11 is 0. The molecule has 28 heavy (non-hydrogen) atoms. The van der Waals surface area contributed by atoms with Gasteiger partial charge in [-0.1, -0.05) is 6.07 Å². The molecule has 1 aliphatic heterocycles. The molecular formula is C21H28N4O3. The van der Waals surface area contributed by atoms with Gasteiger partial charge in [-0.15, -0.1) is 0 Å². The van der Waals surface area contributed by atoms with E-state index < -0.39 is 0 Å². The second-order valence-electron chi connectivity index (χ2n) is 6.92. The first-order chi connectivity index (χ1) is 13.6. The molecular weight excluding hydrogens is 356 g/mol. The van der Waals surface area contributed by atoms with Crippen molar-refractivity contribution in [2.24, 2.45) is 0 Å². The van der Waals surface area contributed by atoms with Crippen molar-refractivity contribution in [3.8, 4) is 11.6 Å². The second kappa shape index (κ2) is 10.1. The molecule has 1 aliphatic rings. The van der Waals surface area contributed by atoms with Crippen LogP contribution in [0.5, 0.6) is 11.6 Å². The van der Waals surface area contributed by atoms with Gasteiger partial charge in [-0.2, -0.15) is 0 Å². The van der Waals surface area contributed by atoms with Gasteiger partial charge < -0.3 is 20.1 Å². The molecule has 0 bridgehead atoms. The van der Waals surface area contributed by atoms with E-state index in [2.05, 4.69) is 27.4 Å². The van der Waals surface area contributed by atoms with Crippen molar-refractivity contribution >= 4 is 11.7 Å². The first kappa shape index (κ1) is 20.1. The summed E-state index contributed by atoms with van der Waals surface area (Å²) in [6.45, 7) is 9.23. The van der Waals surface area contributed by atoms with Gasteiger partial charge in [-0.3, -0.25) is 4.90 Å². The van der Waals surface area contributed by atoms with E-state index in [1.165, 1.54) is 11.1 Å².